The Kier molecular flexibility index (Phi) is 5.31. The Labute approximate surface area is 129 Å². The van der Waals surface area contributed by atoms with Crippen LogP contribution in [0.5, 0.6) is 0 Å². The molecule has 0 aliphatic carbocycles. The van der Waals surface area contributed by atoms with Gasteiger partial charge in [0.2, 0.25) is 11.8 Å². The number of anilines is 1. The molecule has 0 radical (unpaired) electrons. The zero-order valence-corrected chi connectivity index (χ0v) is 12.5. The van der Waals surface area contributed by atoms with E-state index in [1.807, 2.05) is 6.92 Å². The predicted molar refractivity (Wildman–Crippen MR) is 80.8 cm³/mol. The minimum Gasteiger partial charge on any atom is -0.367 e. The third-order valence-corrected chi connectivity index (χ3v) is 3.61. The largest absolute Gasteiger partial charge is 0.367 e. The Morgan fingerprint density at radius 3 is 3.05 bits per heavy atom. The highest BCUT2D eigenvalue weighted by molar-refractivity contribution is 5.89. The molecule has 7 nitrogen and oxygen atoms in total. The fourth-order valence-electron chi connectivity index (χ4n) is 2.40. The molecule has 1 aliphatic rings. The quantitative estimate of drug-likeness (QED) is 0.739. The summed E-state index contributed by atoms with van der Waals surface area (Å²) in [6.45, 7) is 3.92. The predicted octanol–water partition coefficient (Wildman–Crippen LogP) is 0.350. The maximum Gasteiger partial charge on any atom is 0.225 e. The molecule has 1 unspecified atom stereocenters. The van der Waals surface area contributed by atoms with Crippen molar-refractivity contribution in [3.8, 4) is 6.07 Å². The number of hydrogen-bond donors (Lipinski definition) is 2. The molecule has 2 rings (SSSR count). The van der Waals surface area contributed by atoms with Crippen LogP contribution in [-0.2, 0) is 9.59 Å². The summed E-state index contributed by atoms with van der Waals surface area (Å²) in [6, 6.07) is 5.43. The molecule has 2 N–H and O–H groups in total. The summed E-state index contributed by atoms with van der Waals surface area (Å²) in [5.74, 6) is 0.171. The number of carbonyl (C=O) groups is 2. The second-order valence-electron chi connectivity index (χ2n) is 5.06. The van der Waals surface area contributed by atoms with E-state index in [9.17, 15) is 9.59 Å². The van der Waals surface area contributed by atoms with E-state index in [4.69, 9.17) is 5.26 Å². The van der Waals surface area contributed by atoms with Gasteiger partial charge in [0.05, 0.1) is 11.5 Å². The average molecular weight is 301 g/mol. The summed E-state index contributed by atoms with van der Waals surface area (Å²) in [5.41, 5.74) is 0.466. The van der Waals surface area contributed by atoms with Gasteiger partial charge < -0.3 is 15.5 Å². The molecule has 7 heteroatoms. The molecular weight excluding hydrogens is 282 g/mol. The van der Waals surface area contributed by atoms with Crippen molar-refractivity contribution in [2.45, 2.75) is 13.3 Å². The van der Waals surface area contributed by atoms with Gasteiger partial charge in [-0.3, -0.25) is 9.59 Å². The SMILES string of the molecule is CCN1CC(C(=O)NCCNc2ncccc2C#N)CC1=O. The molecule has 1 aromatic heterocycles. The normalized spacial score (nSPS) is 17.2. The molecule has 0 saturated carbocycles. The summed E-state index contributed by atoms with van der Waals surface area (Å²) in [4.78, 5) is 29.4. The molecule has 1 aromatic rings. The van der Waals surface area contributed by atoms with E-state index in [1.54, 1.807) is 23.2 Å². The number of hydrogen-bond acceptors (Lipinski definition) is 5. The number of nitrogens with one attached hydrogen (secondary N) is 2. The zero-order valence-electron chi connectivity index (χ0n) is 12.5. The number of aromatic nitrogens is 1. The van der Waals surface area contributed by atoms with Crippen molar-refractivity contribution in [1.82, 2.24) is 15.2 Å². The number of nitriles is 1. The molecule has 0 aromatic carbocycles. The van der Waals surface area contributed by atoms with Crippen LogP contribution in [0.25, 0.3) is 0 Å². The molecule has 22 heavy (non-hydrogen) atoms. The van der Waals surface area contributed by atoms with Crippen LogP contribution in [0.1, 0.15) is 18.9 Å². The Morgan fingerprint density at radius 1 is 1.55 bits per heavy atom. The van der Waals surface area contributed by atoms with Crippen LogP contribution in [0, 0.1) is 17.2 Å². The zero-order chi connectivity index (χ0) is 15.9. The third kappa shape index (κ3) is 3.73. The van der Waals surface area contributed by atoms with E-state index < -0.39 is 0 Å². The molecule has 1 atom stereocenters. The number of rotatable bonds is 6. The molecule has 1 fully saturated rings. The van der Waals surface area contributed by atoms with Gasteiger partial charge in [0, 0.05) is 38.8 Å². The topological polar surface area (TPSA) is 98.1 Å². The van der Waals surface area contributed by atoms with E-state index in [0.29, 0.717) is 37.6 Å². The summed E-state index contributed by atoms with van der Waals surface area (Å²) in [6.07, 6.45) is 1.89. The average Bonchev–Trinajstić information content (AvgIpc) is 2.92. The first-order valence-corrected chi connectivity index (χ1v) is 7.30. The van der Waals surface area contributed by atoms with Crippen molar-refractivity contribution in [2.75, 3.05) is 31.5 Å². The van der Waals surface area contributed by atoms with Crippen LogP contribution in [0.15, 0.2) is 18.3 Å². The number of carbonyl (C=O) groups excluding carboxylic acids is 2. The molecule has 1 aliphatic heterocycles. The fourth-order valence-corrected chi connectivity index (χ4v) is 2.40. The van der Waals surface area contributed by atoms with Gasteiger partial charge in [-0.15, -0.1) is 0 Å². The van der Waals surface area contributed by atoms with Crippen LogP contribution >= 0.6 is 0 Å². The maximum atomic E-state index is 12.0. The molecule has 1 saturated heterocycles. The maximum absolute atomic E-state index is 12.0. The fraction of sp³-hybridized carbons (Fsp3) is 0.467. The van der Waals surface area contributed by atoms with Crippen molar-refractivity contribution in [3.05, 3.63) is 23.9 Å². The second-order valence-corrected chi connectivity index (χ2v) is 5.06. The first-order valence-electron chi connectivity index (χ1n) is 7.30. The van der Waals surface area contributed by atoms with Crippen LogP contribution < -0.4 is 10.6 Å². The Balaban J connectivity index is 1.74. The summed E-state index contributed by atoms with van der Waals surface area (Å²) in [5, 5.41) is 14.8. The van der Waals surface area contributed by atoms with E-state index in [1.165, 1.54) is 0 Å². The van der Waals surface area contributed by atoms with Crippen LogP contribution in [0.2, 0.25) is 0 Å². The van der Waals surface area contributed by atoms with Gasteiger partial charge in [-0.05, 0) is 19.1 Å². The lowest BCUT2D eigenvalue weighted by Crippen LogP contribution is -2.35. The minimum atomic E-state index is -0.267. The summed E-state index contributed by atoms with van der Waals surface area (Å²) < 4.78 is 0. The molecule has 2 heterocycles. The van der Waals surface area contributed by atoms with Crippen molar-refractivity contribution < 1.29 is 9.59 Å². The minimum absolute atomic E-state index is 0.0351. The molecular formula is C15H19N5O2. The van der Waals surface area contributed by atoms with E-state index in [-0.39, 0.29) is 24.2 Å². The number of pyridine rings is 1. The van der Waals surface area contributed by atoms with Crippen LogP contribution in [-0.4, -0.2) is 47.9 Å². The van der Waals surface area contributed by atoms with Gasteiger partial charge in [0.25, 0.3) is 0 Å². The van der Waals surface area contributed by atoms with E-state index >= 15 is 0 Å². The number of nitrogens with zero attached hydrogens (tertiary/aromatic N) is 3. The van der Waals surface area contributed by atoms with E-state index in [2.05, 4.69) is 21.7 Å². The van der Waals surface area contributed by atoms with Crippen molar-refractivity contribution in [3.63, 3.8) is 0 Å². The van der Waals surface area contributed by atoms with Crippen molar-refractivity contribution in [1.29, 1.82) is 5.26 Å². The number of likely N-dealkylation sites (tertiary alicyclic amines) is 1. The lowest BCUT2D eigenvalue weighted by atomic mass is 10.1. The van der Waals surface area contributed by atoms with Gasteiger partial charge in [0.1, 0.15) is 11.9 Å². The van der Waals surface area contributed by atoms with Crippen molar-refractivity contribution >= 4 is 17.6 Å². The number of amides is 2. The Morgan fingerprint density at radius 2 is 2.36 bits per heavy atom. The molecule has 116 valence electrons. The summed E-state index contributed by atoms with van der Waals surface area (Å²) in [7, 11) is 0. The Bertz CT molecular complexity index is 596. The Hall–Kier alpha value is -2.62. The lowest BCUT2D eigenvalue weighted by Gasteiger charge is -2.14. The van der Waals surface area contributed by atoms with E-state index in [0.717, 1.165) is 0 Å². The van der Waals surface area contributed by atoms with Crippen LogP contribution in [0.3, 0.4) is 0 Å². The van der Waals surface area contributed by atoms with Gasteiger partial charge >= 0.3 is 0 Å². The van der Waals surface area contributed by atoms with Crippen LogP contribution in [0.4, 0.5) is 5.82 Å². The lowest BCUT2D eigenvalue weighted by molar-refractivity contribution is -0.128. The van der Waals surface area contributed by atoms with Gasteiger partial charge in [-0.2, -0.15) is 5.26 Å². The van der Waals surface area contributed by atoms with Crippen molar-refractivity contribution in [2.24, 2.45) is 5.92 Å². The highest BCUT2D eigenvalue weighted by atomic mass is 16.2. The second kappa shape index (κ2) is 7.41. The summed E-state index contributed by atoms with van der Waals surface area (Å²) >= 11 is 0. The standard InChI is InChI=1S/C15H19N5O2/c1-2-20-10-12(8-13(20)21)15(22)19-7-6-18-14-11(9-16)4-3-5-17-14/h3-5,12H,2,6-8,10H2,1H3,(H,17,18)(H,19,22). The van der Waals surface area contributed by atoms with Gasteiger partial charge in [0.15, 0.2) is 0 Å². The molecule has 0 bridgehead atoms. The third-order valence-electron chi connectivity index (χ3n) is 3.61. The first-order chi connectivity index (χ1) is 10.7. The smallest absolute Gasteiger partial charge is 0.225 e. The highest BCUT2D eigenvalue weighted by Crippen LogP contribution is 2.17. The highest BCUT2D eigenvalue weighted by Gasteiger charge is 2.32. The molecule has 0 spiro atoms. The monoisotopic (exact) mass is 301 g/mol. The van der Waals surface area contributed by atoms with Gasteiger partial charge in [-0.1, -0.05) is 0 Å². The van der Waals surface area contributed by atoms with Gasteiger partial charge in [-0.25, -0.2) is 4.98 Å². The first kappa shape index (κ1) is 15.8. The molecule has 2 amide bonds.